The number of ether oxygens (including phenoxy) is 1. The van der Waals surface area contributed by atoms with Crippen LogP contribution in [0.5, 0.6) is 0 Å². The molecule has 2 aromatic carbocycles. The Morgan fingerprint density at radius 3 is 2.37 bits per heavy atom. The molecular weight excluding hydrogens is 466 g/mol. The Morgan fingerprint density at radius 1 is 1.06 bits per heavy atom. The summed E-state index contributed by atoms with van der Waals surface area (Å²) in [6, 6.07) is 15.7. The number of amides is 2. The molecule has 0 unspecified atom stereocenters. The molecule has 4 rings (SSSR count). The first-order chi connectivity index (χ1) is 16.8. The Balaban J connectivity index is 1.36. The molecule has 1 N–H and O–H groups in total. The van der Waals surface area contributed by atoms with Crippen molar-refractivity contribution in [1.29, 1.82) is 0 Å². The van der Waals surface area contributed by atoms with Crippen molar-refractivity contribution < 1.29 is 14.3 Å². The molecule has 35 heavy (non-hydrogen) atoms. The van der Waals surface area contributed by atoms with E-state index in [4.69, 9.17) is 16.3 Å². The van der Waals surface area contributed by atoms with E-state index in [0.29, 0.717) is 36.7 Å². The molecule has 1 fully saturated rings. The molecule has 2 amide bonds. The smallest absolute Gasteiger partial charge is 0.259 e. The van der Waals surface area contributed by atoms with Crippen LogP contribution in [0.15, 0.2) is 48.5 Å². The maximum absolute atomic E-state index is 13.1. The molecule has 1 aliphatic heterocycles. The van der Waals surface area contributed by atoms with Gasteiger partial charge in [-0.2, -0.15) is 5.10 Å². The zero-order chi connectivity index (χ0) is 24.9. The average molecular weight is 496 g/mol. The Kier molecular flexibility index (Phi) is 7.73. The van der Waals surface area contributed by atoms with E-state index in [1.54, 1.807) is 18.7 Å². The largest absolute Gasteiger partial charge is 0.378 e. The van der Waals surface area contributed by atoms with Crippen LogP contribution in [0, 0.1) is 13.8 Å². The number of nitrogens with one attached hydrogen (secondary N) is 1. The molecular formula is C26H30ClN5O3. The van der Waals surface area contributed by atoms with Crippen LogP contribution in [-0.4, -0.2) is 66.4 Å². The van der Waals surface area contributed by atoms with Crippen molar-refractivity contribution in [3.63, 3.8) is 0 Å². The van der Waals surface area contributed by atoms with Crippen LogP contribution in [0.2, 0.25) is 5.15 Å². The fourth-order valence-corrected chi connectivity index (χ4v) is 4.34. The molecule has 8 nitrogen and oxygen atoms in total. The molecule has 1 saturated heterocycles. The van der Waals surface area contributed by atoms with E-state index in [9.17, 15) is 9.59 Å². The van der Waals surface area contributed by atoms with E-state index >= 15 is 0 Å². The lowest BCUT2D eigenvalue weighted by Gasteiger charge is -2.28. The van der Waals surface area contributed by atoms with Crippen LogP contribution in [0.4, 0.5) is 11.4 Å². The summed E-state index contributed by atoms with van der Waals surface area (Å²) >= 11 is 6.54. The van der Waals surface area contributed by atoms with Gasteiger partial charge in [-0.15, -0.1) is 0 Å². The number of hydrogen-bond acceptors (Lipinski definition) is 5. The second kappa shape index (κ2) is 10.9. The zero-order valence-corrected chi connectivity index (χ0v) is 21.0. The number of aryl methyl sites for hydroxylation is 2. The van der Waals surface area contributed by atoms with E-state index < -0.39 is 0 Å². The van der Waals surface area contributed by atoms with E-state index in [2.05, 4.69) is 15.3 Å². The molecule has 0 spiro atoms. The Labute approximate surface area is 210 Å². The number of hydrogen-bond donors (Lipinski definition) is 1. The Morgan fingerprint density at radius 2 is 1.71 bits per heavy atom. The predicted octanol–water partition coefficient (Wildman–Crippen LogP) is 3.75. The number of likely N-dealkylation sites (N-methyl/N-ethyl adjacent to an activating group) is 1. The van der Waals surface area contributed by atoms with Gasteiger partial charge in [0.25, 0.3) is 5.91 Å². The Hall–Kier alpha value is -3.36. The number of carbonyl (C=O) groups excluding carboxylic acids is 2. The molecule has 184 valence electrons. The van der Waals surface area contributed by atoms with E-state index in [1.807, 2.05) is 55.5 Å². The van der Waals surface area contributed by atoms with Gasteiger partial charge >= 0.3 is 0 Å². The molecule has 0 aliphatic carbocycles. The predicted molar refractivity (Wildman–Crippen MR) is 137 cm³/mol. The van der Waals surface area contributed by atoms with Gasteiger partial charge in [0.1, 0.15) is 5.15 Å². The number of rotatable bonds is 7. The van der Waals surface area contributed by atoms with Crippen molar-refractivity contribution in [1.82, 2.24) is 14.7 Å². The van der Waals surface area contributed by atoms with Gasteiger partial charge in [0, 0.05) is 31.5 Å². The fourth-order valence-electron chi connectivity index (χ4n) is 4.02. The molecule has 9 heteroatoms. The standard InChI is InChI=1S/C26H30ClN5O3/c1-18-4-6-20(7-5-18)16-32-25(27)24(19(2)29-32)26(34)30(3)17-23(33)28-21-8-10-22(11-9-21)31-12-14-35-15-13-31/h4-11H,12-17H2,1-3H3,(H,28,33). The van der Waals surface area contributed by atoms with Crippen molar-refractivity contribution >= 4 is 34.8 Å². The van der Waals surface area contributed by atoms with Crippen LogP contribution in [-0.2, 0) is 16.1 Å². The molecule has 0 saturated carbocycles. The first kappa shape index (κ1) is 24.8. The molecule has 1 aliphatic rings. The highest BCUT2D eigenvalue weighted by Crippen LogP contribution is 2.23. The molecule has 0 atom stereocenters. The Bertz CT molecular complexity index is 1180. The van der Waals surface area contributed by atoms with Gasteiger partial charge < -0.3 is 19.9 Å². The van der Waals surface area contributed by atoms with Gasteiger partial charge in [-0.1, -0.05) is 41.4 Å². The summed E-state index contributed by atoms with van der Waals surface area (Å²) in [7, 11) is 1.58. The summed E-state index contributed by atoms with van der Waals surface area (Å²) < 4.78 is 7.00. The lowest BCUT2D eigenvalue weighted by atomic mass is 10.1. The number of benzene rings is 2. The third-order valence-corrected chi connectivity index (χ3v) is 6.37. The average Bonchev–Trinajstić information content (AvgIpc) is 3.13. The van der Waals surface area contributed by atoms with E-state index in [-0.39, 0.29) is 23.5 Å². The van der Waals surface area contributed by atoms with Crippen LogP contribution < -0.4 is 10.2 Å². The molecule has 0 radical (unpaired) electrons. The second-order valence-corrected chi connectivity index (χ2v) is 9.11. The lowest BCUT2D eigenvalue weighted by Crippen LogP contribution is -2.36. The van der Waals surface area contributed by atoms with Crippen LogP contribution in [0.1, 0.15) is 27.2 Å². The van der Waals surface area contributed by atoms with Crippen LogP contribution in [0.3, 0.4) is 0 Å². The van der Waals surface area contributed by atoms with Gasteiger partial charge in [-0.3, -0.25) is 9.59 Å². The van der Waals surface area contributed by atoms with Crippen molar-refractivity contribution in [2.45, 2.75) is 20.4 Å². The number of carbonyl (C=O) groups is 2. The van der Waals surface area contributed by atoms with Gasteiger partial charge in [-0.05, 0) is 43.7 Å². The normalized spacial score (nSPS) is 13.5. The minimum absolute atomic E-state index is 0.108. The van der Waals surface area contributed by atoms with Crippen molar-refractivity contribution in [3.05, 3.63) is 76.1 Å². The maximum Gasteiger partial charge on any atom is 0.259 e. The summed E-state index contributed by atoms with van der Waals surface area (Å²) in [6.45, 7) is 7.25. The number of aromatic nitrogens is 2. The van der Waals surface area contributed by atoms with E-state index in [1.165, 1.54) is 10.5 Å². The summed E-state index contributed by atoms with van der Waals surface area (Å²) in [6.07, 6.45) is 0. The number of anilines is 2. The first-order valence-electron chi connectivity index (χ1n) is 11.6. The van der Waals surface area contributed by atoms with Crippen LogP contribution >= 0.6 is 11.6 Å². The molecule has 3 aromatic rings. The van der Waals surface area contributed by atoms with Gasteiger partial charge in [-0.25, -0.2) is 4.68 Å². The minimum Gasteiger partial charge on any atom is -0.378 e. The highest BCUT2D eigenvalue weighted by molar-refractivity contribution is 6.33. The molecule has 2 heterocycles. The third kappa shape index (κ3) is 6.01. The highest BCUT2D eigenvalue weighted by Gasteiger charge is 2.24. The highest BCUT2D eigenvalue weighted by atomic mass is 35.5. The number of halogens is 1. The zero-order valence-electron chi connectivity index (χ0n) is 20.3. The van der Waals surface area contributed by atoms with Crippen molar-refractivity contribution in [3.8, 4) is 0 Å². The number of nitrogens with zero attached hydrogens (tertiary/aromatic N) is 4. The SMILES string of the molecule is Cc1ccc(Cn2nc(C)c(C(=O)N(C)CC(=O)Nc3ccc(N4CCOCC4)cc3)c2Cl)cc1. The summed E-state index contributed by atoms with van der Waals surface area (Å²) in [5, 5.41) is 7.56. The lowest BCUT2D eigenvalue weighted by molar-refractivity contribution is -0.116. The maximum atomic E-state index is 13.1. The van der Waals surface area contributed by atoms with Crippen molar-refractivity contribution in [2.75, 3.05) is 50.1 Å². The third-order valence-electron chi connectivity index (χ3n) is 5.99. The fraction of sp³-hybridized carbons (Fsp3) is 0.346. The summed E-state index contributed by atoms with van der Waals surface area (Å²) in [4.78, 5) is 29.3. The second-order valence-electron chi connectivity index (χ2n) is 8.75. The quantitative estimate of drug-likeness (QED) is 0.540. The first-order valence-corrected chi connectivity index (χ1v) is 12.0. The molecule has 1 aromatic heterocycles. The summed E-state index contributed by atoms with van der Waals surface area (Å²) in [5.74, 6) is -0.638. The van der Waals surface area contributed by atoms with E-state index in [0.717, 1.165) is 24.3 Å². The monoisotopic (exact) mass is 495 g/mol. The van der Waals surface area contributed by atoms with Gasteiger partial charge in [0.15, 0.2) is 0 Å². The van der Waals surface area contributed by atoms with Gasteiger partial charge in [0.05, 0.1) is 37.6 Å². The van der Waals surface area contributed by atoms with Crippen LogP contribution in [0.25, 0.3) is 0 Å². The number of morpholine rings is 1. The molecule has 0 bridgehead atoms. The summed E-state index contributed by atoms with van der Waals surface area (Å²) in [5.41, 5.74) is 4.80. The minimum atomic E-state index is -0.347. The van der Waals surface area contributed by atoms with Gasteiger partial charge in [0.2, 0.25) is 5.91 Å². The van der Waals surface area contributed by atoms with Crippen molar-refractivity contribution in [2.24, 2.45) is 0 Å². The topological polar surface area (TPSA) is 79.7 Å².